The van der Waals surface area contributed by atoms with E-state index in [1.807, 2.05) is 6.07 Å². The Labute approximate surface area is 171 Å². The molecule has 3 aromatic rings. The van der Waals surface area contributed by atoms with Gasteiger partial charge in [0.1, 0.15) is 21.5 Å². The molecule has 2 amide bonds. The number of amides is 2. The van der Waals surface area contributed by atoms with Gasteiger partial charge in [0.25, 0.3) is 0 Å². The number of aromatic carboxylic acids is 1. The van der Waals surface area contributed by atoms with E-state index < -0.39 is 12.0 Å². The normalized spacial score (nSPS) is 12.6. The summed E-state index contributed by atoms with van der Waals surface area (Å²) in [5.41, 5.74) is 0.605. The van der Waals surface area contributed by atoms with Crippen LogP contribution in [0.5, 0.6) is 5.75 Å². The average Bonchev–Trinajstić information content (AvgIpc) is 3.02. The molecule has 0 saturated carbocycles. The van der Waals surface area contributed by atoms with Gasteiger partial charge in [-0.15, -0.1) is 11.3 Å². The molecule has 8 nitrogen and oxygen atoms in total. The lowest BCUT2D eigenvalue weighted by atomic mass is 10.1. The lowest BCUT2D eigenvalue weighted by molar-refractivity contribution is 0.0703. The predicted octanol–water partition coefficient (Wildman–Crippen LogP) is 4.87. The van der Waals surface area contributed by atoms with Crippen molar-refractivity contribution in [3.05, 3.63) is 38.8 Å². The highest BCUT2D eigenvalue weighted by Crippen LogP contribution is 2.49. The van der Waals surface area contributed by atoms with E-state index in [1.165, 1.54) is 30.3 Å². The first kappa shape index (κ1) is 18.3. The molecule has 4 rings (SSSR count). The summed E-state index contributed by atoms with van der Waals surface area (Å²) in [5, 5.41) is 22.3. The molecule has 3 heterocycles. The smallest absolute Gasteiger partial charge is 0.348 e. The molecule has 0 bridgehead atoms. The summed E-state index contributed by atoms with van der Waals surface area (Å²) in [5.74, 6) is -0.928. The predicted molar refractivity (Wildman–Crippen MR) is 105 cm³/mol. The summed E-state index contributed by atoms with van der Waals surface area (Å²) < 4.78 is 5.20. The number of urea groups is 1. The number of anilines is 3. The number of methoxy groups -OCH3 is 1. The zero-order valence-corrected chi connectivity index (χ0v) is 16.2. The molecule has 1 aliphatic heterocycles. The van der Waals surface area contributed by atoms with E-state index >= 15 is 0 Å². The Morgan fingerprint density at radius 1 is 1.39 bits per heavy atom. The van der Waals surface area contributed by atoms with E-state index in [9.17, 15) is 20.0 Å². The molecule has 2 N–H and O–H groups in total. The first-order valence-electron chi connectivity index (χ1n) is 7.60. The summed E-state index contributed by atoms with van der Waals surface area (Å²) in [7, 11) is 1.41. The summed E-state index contributed by atoms with van der Waals surface area (Å²) in [6.45, 7) is 0. The number of thiophene rings is 1. The Morgan fingerprint density at radius 3 is 2.79 bits per heavy atom. The van der Waals surface area contributed by atoms with Crippen LogP contribution in [0.2, 0.25) is 10.0 Å². The van der Waals surface area contributed by atoms with Crippen LogP contribution in [0.15, 0.2) is 18.3 Å². The van der Waals surface area contributed by atoms with Crippen LogP contribution < -0.4 is 15.0 Å². The molecule has 0 radical (unpaired) electrons. The number of rotatable bonds is 3. The maximum Gasteiger partial charge on any atom is 0.348 e. The van der Waals surface area contributed by atoms with Crippen LogP contribution in [0.25, 0.3) is 10.2 Å². The molecule has 0 atom stereocenters. The van der Waals surface area contributed by atoms with E-state index in [0.29, 0.717) is 10.2 Å². The van der Waals surface area contributed by atoms with Crippen LogP contribution in [-0.2, 0) is 0 Å². The number of carbonyl (C=O) groups is 2. The van der Waals surface area contributed by atoms with Crippen molar-refractivity contribution >= 4 is 73.8 Å². The van der Waals surface area contributed by atoms with Gasteiger partial charge in [-0.05, 0) is 6.07 Å². The quantitative estimate of drug-likeness (QED) is 0.607. The van der Waals surface area contributed by atoms with Gasteiger partial charge in [0.05, 0.1) is 45.2 Å². The molecule has 1 aliphatic rings. The number of ether oxygens (including phenoxy) is 1. The van der Waals surface area contributed by atoms with Crippen LogP contribution in [0.4, 0.5) is 21.9 Å². The van der Waals surface area contributed by atoms with Crippen LogP contribution in [-0.4, -0.2) is 29.2 Å². The zero-order chi connectivity index (χ0) is 20.2. The Morgan fingerprint density at radius 2 is 2.14 bits per heavy atom. The molecule has 0 spiro atoms. The molecule has 0 aliphatic carbocycles. The summed E-state index contributed by atoms with van der Waals surface area (Å²) >= 11 is 13.3. The van der Waals surface area contributed by atoms with E-state index in [1.54, 1.807) is 0 Å². The van der Waals surface area contributed by atoms with Gasteiger partial charge in [0.15, 0.2) is 0 Å². The van der Waals surface area contributed by atoms with Crippen molar-refractivity contribution in [2.24, 2.45) is 0 Å². The van der Waals surface area contributed by atoms with Crippen LogP contribution >= 0.6 is 34.5 Å². The summed E-state index contributed by atoms with van der Waals surface area (Å²) in [6.07, 6.45) is 1.29. The standard InChI is InChI=1S/C17H8Cl2N4O4S/c1-27-10-3-9(7(18)2-8(10)19)23-13-6(4-20)5-21-15-11(13)12(22-17(23)26)14(28-15)16(24)25/h2-3,5H,1H3,(H,22,26)(H,24,25). The number of pyridine rings is 1. The number of benzene rings is 1. The highest BCUT2D eigenvalue weighted by atomic mass is 35.5. The number of nitriles is 1. The number of carboxylic acids is 1. The van der Waals surface area contributed by atoms with Gasteiger partial charge in [-0.3, -0.25) is 4.90 Å². The maximum atomic E-state index is 12.9. The molecule has 1 aromatic carbocycles. The summed E-state index contributed by atoms with van der Waals surface area (Å²) in [4.78, 5) is 30.1. The van der Waals surface area contributed by atoms with Crippen molar-refractivity contribution < 1.29 is 19.4 Å². The fraction of sp³-hybridized carbons (Fsp3) is 0.0588. The first-order valence-corrected chi connectivity index (χ1v) is 9.17. The van der Waals surface area contributed by atoms with Gasteiger partial charge in [-0.2, -0.15) is 5.26 Å². The minimum absolute atomic E-state index is 0.0772. The van der Waals surface area contributed by atoms with Crippen molar-refractivity contribution in [2.45, 2.75) is 0 Å². The summed E-state index contributed by atoms with van der Waals surface area (Å²) in [6, 6.07) is 4.20. The highest BCUT2D eigenvalue weighted by molar-refractivity contribution is 7.21. The van der Waals surface area contributed by atoms with Gasteiger partial charge in [0, 0.05) is 12.3 Å². The number of carboxylic acid groups (broad SMARTS) is 1. The van der Waals surface area contributed by atoms with Gasteiger partial charge in [-0.25, -0.2) is 14.6 Å². The maximum absolute atomic E-state index is 12.9. The van der Waals surface area contributed by atoms with Crippen molar-refractivity contribution in [1.82, 2.24) is 4.98 Å². The molecular weight excluding hydrogens is 427 g/mol. The number of hydrogen-bond acceptors (Lipinski definition) is 6. The third-order valence-electron chi connectivity index (χ3n) is 4.13. The fourth-order valence-corrected chi connectivity index (χ4v) is 4.46. The SMILES string of the molecule is COc1cc(N2C(=O)Nc3c(C(=O)O)sc4ncc(C#N)c2c34)c(Cl)cc1Cl. The Bertz CT molecular complexity index is 1230. The number of hydrogen-bond donors (Lipinski definition) is 2. The molecule has 0 saturated heterocycles. The number of nitrogens with zero attached hydrogens (tertiary/aromatic N) is 3. The second kappa shape index (κ2) is 6.53. The van der Waals surface area contributed by atoms with E-state index in [-0.39, 0.29) is 43.3 Å². The minimum atomic E-state index is -1.21. The first-order chi connectivity index (χ1) is 13.4. The largest absolute Gasteiger partial charge is 0.495 e. The van der Waals surface area contributed by atoms with E-state index in [0.717, 1.165) is 11.3 Å². The molecule has 11 heteroatoms. The third-order valence-corrected chi connectivity index (χ3v) is 5.81. The number of aromatic nitrogens is 1. The van der Waals surface area contributed by atoms with Crippen LogP contribution in [0, 0.1) is 11.3 Å². The Hall–Kier alpha value is -3.06. The molecule has 140 valence electrons. The third kappa shape index (κ3) is 2.54. The molecule has 2 aromatic heterocycles. The number of nitrogens with one attached hydrogen (secondary N) is 1. The lowest BCUT2D eigenvalue weighted by Crippen LogP contribution is -2.35. The molecule has 0 fully saturated rings. The number of halogens is 2. The van der Waals surface area contributed by atoms with Gasteiger partial charge in [-0.1, -0.05) is 23.2 Å². The lowest BCUT2D eigenvalue weighted by Gasteiger charge is -2.30. The van der Waals surface area contributed by atoms with E-state index in [2.05, 4.69) is 10.3 Å². The Balaban J connectivity index is 2.09. The van der Waals surface area contributed by atoms with Crippen LogP contribution in [0.1, 0.15) is 15.2 Å². The Kier molecular flexibility index (Phi) is 4.27. The number of carbonyl (C=O) groups excluding carboxylic acids is 1. The van der Waals surface area contributed by atoms with Gasteiger partial charge in [0.2, 0.25) is 0 Å². The molecular formula is C17H8Cl2N4O4S. The molecule has 28 heavy (non-hydrogen) atoms. The highest BCUT2D eigenvalue weighted by Gasteiger charge is 2.36. The van der Waals surface area contributed by atoms with Gasteiger partial charge >= 0.3 is 12.0 Å². The minimum Gasteiger partial charge on any atom is -0.495 e. The molecule has 0 unspecified atom stereocenters. The van der Waals surface area contributed by atoms with Crippen molar-refractivity contribution in [2.75, 3.05) is 17.3 Å². The van der Waals surface area contributed by atoms with Crippen LogP contribution in [0.3, 0.4) is 0 Å². The average molecular weight is 435 g/mol. The van der Waals surface area contributed by atoms with Gasteiger partial charge < -0.3 is 15.2 Å². The second-order valence-corrected chi connectivity index (χ2v) is 7.44. The fourth-order valence-electron chi connectivity index (χ4n) is 2.97. The van der Waals surface area contributed by atoms with Crippen molar-refractivity contribution in [1.29, 1.82) is 5.26 Å². The topological polar surface area (TPSA) is 116 Å². The van der Waals surface area contributed by atoms with Crippen molar-refractivity contribution in [3.63, 3.8) is 0 Å². The monoisotopic (exact) mass is 434 g/mol. The zero-order valence-electron chi connectivity index (χ0n) is 13.9. The van der Waals surface area contributed by atoms with Crippen molar-refractivity contribution in [3.8, 4) is 11.8 Å². The second-order valence-electron chi connectivity index (χ2n) is 5.63. The van der Waals surface area contributed by atoms with E-state index in [4.69, 9.17) is 27.9 Å².